The molecule has 1 N–H and O–H groups in total. The van der Waals surface area contributed by atoms with E-state index in [0.717, 1.165) is 23.1 Å². The highest BCUT2D eigenvalue weighted by molar-refractivity contribution is 5.69. The van der Waals surface area contributed by atoms with Crippen LogP contribution in [-0.4, -0.2) is 37.0 Å². The van der Waals surface area contributed by atoms with Crippen molar-refractivity contribution in [1.82, 2.24) is 4.98 Å². The first kappa shape index (κ1) is 11.1. The third-order valence-corrected chi connectivity index (χ3v) is 2.68. The molecule has 1 aliphatic heterocycles. The van der Waals surface area contributed by atoms with Gasteiger partial charge in [0.15, 0.2) is 0 Å². The van der Waals surface area contributed by atoms with Crippen LogP contribution in [0.2, 0.25) is 0 Å². The maximum Gasteiger partial charge on any atom is 0.212 e. The van der Waals surface area contributed by atoms with Crippen molar-refractivity contribution in [1.29, 1.82) is 0 Å². The van der Waals surface area contributed by atoms with Crippen molar-refractivity contribution in [3.8, 4) is 5.88 Å². The molecule has 0 aromatic carbocycles. The molecule has 2 heterocycles. The molecule has 4 heteroatoms. The Bertz CT molecular complexity index is 384. The summed E-state index contributed by atoms with van der Waals surface area (Å²) in [5.41, 5.74) is 3.12. The van der Waals surface area contributed by atoms with Gasteiger partial charge < -0.3 is 14.6 Å². The fourth-order valence-corrected chi connectivity index (χ4v) is 1.80. The molecule has 86 valence electrons. The fraction of sp³-hybridized carbons (Fsp3) is 0.417. The minimum Gasteiger partial charge on any atom is -0.481 e. The lowest BCUT2D eigenvalue weighted by molar-refractivity contribution is 0.143. The van der Waals surface area contributed by atoms with E-state index >= 15 is 0 Å². The highest BCUT2D eigenvalue weighted by Gasteiger charge is 2.14. The maximum atomic E-state index is 9.24. The number of aliphatic hydroxyl groups is 1. The largest absolute Gasteiger partial charge is 0.481 e. The van der Waals surface area contributed by atoms with E-state index in [0.29, 0.717) is 19.1 Å². The van der Waals surface area contributed by atoms with Gasteiger partial charge in [0.05, 0.1) is 26.9 Å². The highest BCUT2D eigenvalue weighted by atomic mass is 16.5. The third kappa shape index (κ3) is 2.23. The maximum absolute atomic E-state index is 9.24. The Balaban J connectivity index is 2.30. The second kappa shape index (κ2) is 5.09. The van der Waals surface area contributed by atoms with E-state index in [2.05, 4.69) is 4.98 Å². The van der Waals surface area contributed by atoms with Crippen LogP contribution in [0.15, 0.2) is 23.9 Å². The van der Waals surface area contributed by atoms with Crippen molar-refractivity contribution in [2.75, 3.05) is 26.9 Å². The topological polar surface area (TPSA) is 51.6 Å². The van der Waals surface area contributed by atoms with Gasteiger partial charge in [-0.3, -0.25) is 0 Å². The summed E-state index contributed by atoms with van der Waals surface area (Å²) < 4.78 is 10.3. The molecule has 1 aromatic rings. The molecule has 16 heavy (non-hydrogen) atoms. The van der Waals surface area contributed by atoms with Gasteiger partial charge in [0.2, 0.25) is 5.88 Å². The molecule has 0 saturated carbocycles. The summed E-state index contributed by atoms with van der Waals surface area (Å²) in [5, 5.41) is 9.24. The Morgan fingerprint density at radius 3 is 3.00 bits per heavy atom. The number of nitrogens with zero attached hydrogens (tertiary/aromatic N) is 1. The Morgan fingerprint density at radius 2 is 2.38 bits per heavy atom. The van der Waals surface area contributed by atoms with Crippen LogP contribution in [0.3, 0.4) is 0 Å². The van der Waals surface area contributed by atoms with Crippen LogP contribution in [-0.2, 0) is 4.74 Å². The number of pyridine rings is 1. The first-order valence-corrected chi connectivity index (χ1v) is 5.25. The van der Waals surface area contributed by atoms with Gasteiger partial charge in [-0.1, -0.05) is 0 Å². The zero-order chi connectivity index (χ0) is 11.4. The Kier molecular flexibility index (Phi) is 3.54. The predicted molar refractivity (Wildman–Crippen MR) is 60.2 cm³/mol. The van der Waals surface area contributed by atoms with Crippen molar-refractivity contribution in [2.24, 2.45) is 0 Å². The van der Waals surface area contributed by atoms with Crippen molar-refractivity contribution < 1.29 is 14.6 Å². The summed E-state index contributed by atoms with van der Waals surface area (Å²) in [7, 11) is 1.59. The molecule has 0 bridgehead atoms. The van der Waals surface area contributed by atoms with Crippen LogP contribution < -0.4 is 4.74 Å². The standard InChI is InChI=1S/C12H15NO3/c1-15-12-3-2-9(6-13-12)11-4-5-16-8-10(11)7-14/h2-3,6,14H,4-5,7-8H2,1H3. The van der Waals surface area contributed by atoms with Gasteiger partial charge in [-0.2, -0.15) is 0 Å². The zero-order valence-corrected chi connectivity index (χ0v) is 9.27. The van der Waals surface area contributed by atoms with Crippen LogP contribution in [0, 0.1) is 0 Å². The zero-order valence-electron chi connectivity index (χ0n) is 9.27. The smallest absolute Gasteiger partial charge is 0.212 e. The number of ether oxygens (including phenoxy) is 2. The van der Waals surface area contributed by atoms with E-state index in [-0.39, 0.29) is 6.61 Å². The lowest BCUT2D eigenvalue weighted by atomic mass is 9.98. The van der Waals surface area contributed by atoms with E-state index < -0.39 is 0 Å². The average Bonchev–Trinajstić information content (AvgIpc) is 2.39. The average molecular weight is 221 g/mol. The van der Waals surface area contributed by atoms with Crippen LogP contribution in [0.25, 0.3) is 5.57 Å². The molecule has 0 fully saturated rings. The Hall–Kier alpha value is -1.39. The predicted octanol–water partition coefficient (Wildman–Crippen LogP) is 1.26. The molecular formula is C12H15NO3. The van der Waals surface area contributed by atoms with E-state index in [4.69, 9.17) is 9.47 Å². The molecule has 1 aromatic heterocycles. The summed E-state index contributed by atoms with van der Waals surface area (Å²) >= 11 is 0. The lowest BCUT2D eigenvalue weighted by Crippen LogP contribution is -2.13. The van der Waals surface area contributed by atoms with Crippen molar-refractivity contribution in [3.63, 3.8) is 0 Å². The normalized spacial score (nSPS) is 16.4. The molecular weight excluding hydrogens is 206 g/mol. The van der Waals surface area contributed by atoms with Gasteiger partial charge >= 0.3 is 0 Å². The molecule has 2 rings (SSSR count). The molecule has 0 spiro atoms. The second-order valence-corrected chi connectivity index (χ2v) is 3.63. The summed E-state index contributed by atoms with van der Waals surface area (Å²) in [6, 6.07) is 3.79. The van der Waals surface area contributed by atoms with Crippen molar-refractivity contribution in [3.05, 3.63) is 29.5 Å². The van der Waals surface area contributed by atoms with Gasteiger partial charge in [-0.25, -0.2) is 4.98 Å². The molecule has 0 aliphatic carbocycles. The number of aromatic nitrogens is 1. The minimum atomic E-state index is 0.0430. The minimum absolute atomic E-state index is 0.0430. The summed E-state index contributed by atoms with van der Waals surface area (Å²) in [5.74, 6) is 0.599. The number of hydrogen-bond acceptors (Lipinski definition) is 4. The van der Waals surface area contributed by atoms with Crippen LogP contribution in [0.4, 0.5) is 0 Å². The second-order valence-electron chi connectivity index (χ2n) is 3.63. The lowest BCUT2D eigenvalue weighted by Gasteiger charge is -2.19. The van der Waals surface area contributed by atoms with E-state index in [9.17, 15) is 5.11 Å². The molecule has 0 amide bonds. The van der Waals surface area contributed by atoms with Crippen LogP contribution in [0.1, 0.15) is 12.0 Å². The molecule has 0 atom stereocenters. The van der Waals surface area contributed by atoms with E-state index in [1.807, 2.05) is 12.1 Å². The fourth-order valence-electron chi connectivity index (χ4n) is 1.80. The van der Waals surface area contributed by atoms with Gasteiger partial charge in [-0.15, -0.1) is 0 Å². The molecule has 0 unspecified atom stereocenters. The molecule has 0 radical (unpaired) electrons. The summed E-state index contributed by atoms with van der Waals surface area (Å²) in [6.07, 6.45) is 2.60. The van der Waals surface area contributed by atoms with E-state index in [1.54, 1.807) is 13.3 Å². The quantitative estimate of drug-likeness (QED) is 0.834. The Morgan fingerprint density at radius 1 is 1.50 bits per heavy atom. The third-order valence-electron chi connectivity index (χ3n) is 2.68. The monoisotopic (exact) mass is 221 g/mol. The van der Waals surface area contributed by atoms with Gasteiger partial charge in [0.25, 0.3) is 0 Å². The first-order valence-electron chi connectivity index (χ1n) is 5.25. The van der Waals surface area contributed by atoms with Crippen molar-refractivity contribution >= 4 is 5.57 Å². The Labute approximate surface area is 94.5 Å². The number of rotatable bonds is 3. The van der Waals surface area contributed by atoms with Crippen LogP contribution >= 0.6 is 0 Å². The summed E-state index contributed by atoms with van der Waals surface area (Å²) in [6.45, 7) is 1.25. The van der Waals surface area contributed by atoms with E-state index in [1.165, 1.54) is 0 Å². The number of aliphatic hydroxyl groups excluding tert-OH is 1. The van der Waals surface area contributed by atoms with Gasteiger partial charge in [-0.05, 0) is 29.2 Å². The molecule has 0 saturated heterocycles. The number of hydrogen-bond donors (Lipinski definition) is 1. The SMILES string of the molecule is COc1ccc(C2=C(CO)COCC2)cn1. The summed E-state index contributed by atoms with van der Waals surface area (Å²) in [4.78, 5) is 4.16. The van der Waals surface area contributed by atoms with Crippen LogP contribution in [0.5, 0.6) is 5.88 Å². The number of methoxy groups -OCH3 is 1. The highest BCUT2D eigenvalue weighted by Crippen LogP contribution is 2.26. The first-order chi connectivity index (χ1) is 7.85. The van der Waals surface area contributed by atoms with Gasteiger partial charge in [0.1, 0.15) is 0 Å². The molecule has 4 nitrogen and oxygen atoms in total. The molecule has 1 aliphatic rings. The van der Waals surface area contributed by atoms with Crippen molar-refractivity contribution in [2.45, 2.75) is 6.42 Å². The van der Waals surface area contributed by atoms with Gasteiger partial charge in [0, 0.05) is 12.3 Å².